The van der Waals surface area contributed by atoms with Gasteiger partial charge in [-0.15, -0.1) is 5.43 Å². The molecule has 0 saturated carbocycles. The summed E-state index contributed by atoms with van der Waals surface area (Å²) in [6, 6.07) is 13.1. The number of pyridine rings is 1. The van der Waals surface area contributed by atoms with Crippen LogP contribution in [0.15, 0.2) is 59.9 Å². The van der Waals surface area contributed by atoms with E-state index in [-0.39, 0.29) is 0 Å². The van der Waals surface area contributed by atoms with Gasteiger partial charge in [0.15, 0.2) is 18.6 Å². The summed E-state index contributed by atoms with van der Waals surface area (Å²) in [6.07, 6.45) is 9.67. The van der Waals surface area contributed by atoms with Gasteiger partial charge in [0.2, 0.25) is 0 Å². The van der Waals surface area contributed by atoms with Crippen molar-refractivity contribution in [3.8, 4) is 11.9 Å². The van der Waals surface area contributed by atoms with Crippen molar-refractivity contribution in [2.45, 2.75) is 25.7 Å². The average Bonchev–Trinajstić information content (AvgIpc) is 2.66. The summed E-state index contributed by atoms with van der Waals surface area (Å²) >= 11 is 5.84. The summed E-state index contributed by atoms with van der Waals surface area (Å²) in [5.41, 5.74) is 3.02. The molecular formula is C19H23ClN5O+. The van der Waals surface area contributed by atoms with E-state index in [2.05, 4.69) is 15.7 Å². The molecule has 0 atom stereocenters. The first-order valence-electron chi connectivity index (χ1n) is 8.59. The Balaban J connectivity index is 1.59. The molecule has 6 nitrogen and oxygen atoms in total. The fourth-order valence-electron chi connectivity index (χ4n) is 2.23. The van der Waals surface area contributed by atoms with Crippen LogP contribution in [0, 0.1) is 11.5 Å². The number of unbranched alkanes of at least 4 members (excludes halogenated alkanes) is 3. The van der Waals surface area contributed by atoms with Crippen LogP contribution >= 0.6 is 11.6 Å². The lowest BCUT2D eigenvalue weighted by Crippen LogP contribution is -2.51. The highest BCUT2D eigenvalue weighted by Gasteiger charge is 2.03. The number of ether oxygens (including phenoxy) is 1. The second-order valence-corrected chi connectivity index (χ2v) is 6.01. The summed E-state index contributed by atoms with van der Waals surface area (Å²) in [6.45, 7) is 1.35. The fraction of sp³-hybridized carbons (Fsp3) is 0.316. The van der Waals surface area contributed by atoms with E-state index in [9.17, 15) is 0 Å². The van der Waals surface area contributed by atoms with Crippen LogP contribution in [0.4, 0.5) is 0 Å². The third kappa shape index (κ3) is 7.86. The molecule has 2 N–H and O–H groups in total. The molecule has 0 spiro atoms. The summed E-state index contributed by atoms with van der Waals surface area (Å²) in [4.78, 5) is 4.39. The van der Waals surface area contributed by atoms with Crippen LogP contribution in [0.25, 0.3) is 0 Å². The van der Waals surface area contributed by atoms with E-state index in [1.165, 1.54) is 0 Å². The fourth-order valence-corrected chi connectivity index (χ4v) is 2.36. The normalized spacial score (nSPS) is 10.8. The number of rotatable bonds is 9. The van der Waals surface area contributed by atoms with Crippen LogP contribution in [0.2, 0.25) is 5.02 Å². The van der Waals surface area contributed by atoms with Crippen LogP contribution in [-0.4, -0.2) is 19.1 Å². The quantitative estimate of drug-likeness (QED) is 0.177. The standard InChI is InChI=1S/C19H23ClN5O/c20-17-8-10-18(11-9-17)26-15-7-2-1-4-12-22-19(23-16-21)24-25-13-5-3-6-14-25/h3,5-6,8-11,13-14H,1-2,4,7,12,15H2,(H2,22,23,24)/q+1. The van der Waals surface area contributed by atoms with Crippen molar-refractivity contribution >= 4 is 17.6 Å². The highest BCUT2D eigenvalue weighted by molar-refractivity contribution is 6.30. The molecule has 136 valence electrons. The molecule has 0 aliphatic heterocycles. The number of aliphatic imine (C=N–C) groups is 1. The highest BCUT2D eigenvalue weighted by Crippen LogP contribution is 2.15. The number of hydrogen-bond donors (Lipinski definition) is 2. The maximum Gasteiger partial charge on any atom is 0.261 e. The van der Waals surface area contributed by atoms with E-state index in [0.29, 0.717) is 24.1 Å². The van der Waals surface area contributed by atoms with E-state index in [1.54, 1.807) is 4.68 Å². The van der Waals surface area contributed by atoms with Crippen molar-refractivity contribution in [1.82, 2.24) is 5.32 Å². The van der Waals surface area contributed by atoms with Gasteiger partial charge in [0.25, 0.3) is 5.96 Å². The molecule has 0 saturated heterocycles. The van der Waals surface area contributed by atoms with Crippen molar-refractivity contribution in [2.24, 2.45) is 4.99 Å². The van der Waals surface area contributed by atoms with E-state index in [4.69, 9.17) is 21.6 Å². The molecule has 0 bridgehead atoms. The number of nitriles is 1. The predicted octanol–water partition coefficient (Wildman–Crippen LogP) is 3.24. The first-order chi connectivity index (χ1) is 12.8. The molecule has 0 amide bonds. The Labute approximate surface area is 159 Å². The second-order valence-electron chi connectivity index (χ2n) is 5.58. The van der Waals surface area contributed by atoms with E-state index >= 15 is 0 Å². The summed E-state index contributed by atoms with van der Waals surface area (Å²) < 4.78 is 7.39. The molecule has 0 fully saturated rings. The third-order valence-corrected chi connectivity index (χ3v) is 3.78. The molecule has 0 radical (unpaired) electrons. The van der Waals surface area contributed by atoms with Crippen LogP contribution in [0.1, 0.15) is 25.7 Å². The van der Waals surface area contributed by atoms with Gasteiger partial charge >= 0.3 is 0 Å². The molecule has 7 heteroatoms. The Bertz CT molecular complexity index is 713. The lowest BCUT2D eigenvalue weighted by atomic mass is 10.2. The van der Waals surface area contributed by atoms with Crippen LogP contribution in [0.3, 0.4) is 0 Å². The molecule has 1 aromatic carbocycles. The molecule has 0 aliphatic carbocycles. The smallest absolute Gasteiger partial charge is 0.261 e. The van der Waals surface area contributed by atoms with Gasteiger partial charge in [-0.2, -0.15) is 5.26 Å². The molecule has 0 unspecified atom stereocenters. The minimum Gasteiger partial charge on any atom is -0.494 e. The molecule has 2 aromatic rings. The molecule has 2 rings (SSSR count). The zero-order chi connectivity index (χ0) is 18.5. The van der Waals surface area contributed by atoms with Crippen molar-refractivity contribution < 1.29 is 9.41 Å². The van der Waals surface area contributed by atoms with Gasteiger partial charge in [0.1, 0.15) is 5.75 Å². The van der Waals surface area contributed by atoms with E-state index in [1.807, 2.05) is 61.1 Å². The Hall–Kier alpha value is -2.78. The number of guanidine groups is 1. The van der Waals surface area contributed by atoms with Gasteiger partial charge in [0.05, 0.1) is 6.61 Å². The summed E-state index contributed by atoms with van der Waals surface area (Å²) in [5.74, 6) is 1.28. The number of nitrogens with one attached hydrogen (secondary N) is 2. The van der Waals surface area contributed by atoms with E-state index in [0.717, 1.165) is 31.4 Å². The Morgan fingerprint density at radius 3 is 2.54 bits per heavy atom. The third-order valence-electron chi connectivity index (χ3n) is 3.53. The van der Waals surface area contributed by atoms with Gasteiger partial charge in [0, 0.05) is 23.7 Å². The first-order valence-corrected chi connectivity index (χ1v) is 8.97. The van der Waals surface area contributed by atoms with Crippen molar-refractivity contribution in [1.29, 1.82) is 5.26 Å². The molecular weight excluding hydrogens is 350 g/mol. The molecule has 1 aromatic heterocycles. The number of benzene rings is 1. The van der Waals surface area contributed by atoms with Gasteiger partial charge in [-0.3, -0.25) is 5.32 Å². The number of hydrogen-bond acceptors (Lipinski definition) is 3. The zero-order valence-electron chi connectivity index (χ0n) is 14.6. The molecule has 1 heterocycles. The Kier molecular flexibility index (Phi) is 8.81. The second kappa shape index (κ2) is 11.7. The largest absolute Gasteiger partial charge is 0.494 e. The zero-order valence-corrected chi connectivity index (χ0v) is 15.3. The number of nitrogens with zero attached hydrogens (tertiary/aromatic N) is 3. The number of halogens is 1. The van der Waals surface area contributed by atoms with Gasteiger partial charge in [-0.25, -0.2) is 4.99 Å². The lowest BCUT2D eigenvalue weighted by molar-refractivity contribution is -0.640. The van der Waals surface area contributed by atoms with Gasteiger partial charge < -0.3 is 4.74 Å². The predicted molar refractivity (Wildman–Crippen MR) is 102 cm³/mol. The number of aromatic nitrogens is 1. The van der Waals surface area contributed by atoms with E-state index < -0.39 is 0 Å². The minimum atomic E-state index is 0.440. The first kappa shape index (κ1) is 19.5. The SMILES string of the molecule is N#CNC(=NCCCCCCOc1ccc(Cl)cc1)N[n+]1ccccc1. The van der Waals surface area contributed by atoms with Crippen molar-refractivity contribution in [3.05, 3.63) is 59.9 Å². The van der Waals surface area contributed by atoms with Crippen LogP contribution < -0.4 is 20.2 Å². The van der Waals surface area contributed by atoms with Crippen LogP contribution in [-0.2, 0) is 0 Å². The molecule has 26 heavy (non-hydrogen) atoms. The summed E-state index contributed by atoms with van der Waals surface area (Å²) in [5, 5.41) is 12.1. The highest BCUT2D eigenvalue weighted by atomic mass is 35.5. The van der Waals surface area contributed by atoms with Gasteiger partial charge in [-0.05, 0) is 43.5 Å². The minimum absolute atomic E-state index is 0.440. The lowest BCUT2D eigenvalue weighted by Gasteiger charge is -2.06. The monoisotopic (exact) mass is 372 g/mol. The maximum atomic E-state index is 8.81. The van der Waals surface area contributed by atoms with Crippen LogP contribution in [0.5, 0.6) is 5.75 Å². The average molecular weight is 373 g/mol. The topological polar surface area (TPSA) is 73.3 Å². The van der Waals surface area contributed by atoms with Gasteiger partial charge in [-0.1, -0.05) is 28.8 Å². The van der Waals surface area contributed by atoms with Crippen molar-refractivity contribution in [3.63, 3.8) is 0 Å². The summed E-state index contributed by atoms with van der Waals surface area (Å²) in [7, 11) is 0. The Morgan fingerprint density at radius 1 is 1.08 bits per heavy atom. The molecule has 0 aliphatic rings. The Morgan fingerprint density at radius 2 is 1.81 bits per heavy atom. The maximum absolute atomic E-state index is 8.81. The van der Waals surface area contributed by atoms with Crippen molar-refractivity contribution in [2.75, 3.05) is 18.6 Å².